The van der Waals surface area contributed by atoms with E-state index in [1.807, 2.05) is 0 Å². The van der Waals surface area contributed by atoms with Gasteiger partial charge < -0.3 is 24.1 Å². The third kappa shape index (κ3) is 8.04. The highest BCUT2D eigenvalue weighted by molar-refractivity contribution is 6.26. The van der Waals surface area contributed by atoms with E-state index in [2.05, 4.69) is 4.74 Å². The van der Waals surface area contributed by atoms with Gasteiger partial charge in [-0.3, -0.25) is 9.59 Å². The number of hydrogen-bond acceptors (Lipinski definition) is 7. The third-order valence-electron chi connectivity index (χ3n) is 5.93. The molecular formula is C21H35ClO7. The molecule has 2 rings (SSSR count). The Bertz CT molecular complexity index is 495. The van der Waals surface area contributed by atoms with E-state index in [9.17, 15) is 14.7 Å². The van der Waals surface area contributed by atoms with Crippen LogP contribution in [0.5, 0.6) is 0 Å². The van der Waals surface area contributed by atoms with Crippen molar-refractivity contribution in [1.82, 2.24) is 0 Å². The number of halogens is 1. The molecule has 1 heterocycles. The summed E-state index contributed by atoms with van der Waals surface area (Å²) in [7, 11) is 1.40. The first-order valence-corrected chi connectivity index (χ1v) is 11.3. The maximum Gasteiger partial charge on any atom is 0.321 e. The number of unbranched alkanes of at least 4 members (excludes halogenated alkanes) is 3. The van der Waals surface area contributed by atoms with Gasteiger partial charge in [0.05, 0.1) is 13.2 Å². The Morgan fingerprint density at radius 2 is 1.86 bits per heavy atom. The smallest absolute Gasteiger partial charge is 0.321 e. The van der Waals surface area contributed by atoms with Crippen LogP contribution in [0.2, 0.25) is 0 Å². The van der Waals surface area contributed by atoms with Gasteiger partial charge in [0.1, 0.15) is 12.0 Å². The monoisotopic (exact) mass is 434 g/mol. The topological polar surface area (TPSA) is 91.3 Å². The predicted octanol–water partition coefficient (Wildman–Crippen LogP) is 3.19. The van der Waals surface area contributed by atoms with Crippen molar-refractivity contribution in [3.63, 3.8) is 0 Å². The number of esters is 2. The van der Waals surface area contributed by atoms with Gasteiger partial charge in [0.2, 0.25) is 0 Å². The molecule has 1 unspecified atom stereocenters. The molecule has 1 saturated heterocycles. The van der Waals surface area contributed by atoms with E-state index in [1.54, 1.807) is 0 Å². The van der Waals surface area contributed by atoms with E-state index in [1.165, 1.54) is 7.11 Å². The lowest BCUT2D eigenvalue weighted by Crippen LogP contribution is -2.33. The summed E-state index contributed by atoms with van der Waals surface area (Å²) in [6.45, 7) is 0.681. The second-order valence-electron chi connectivity index (χ2n) is 7.91. The van der Waals surface area contributed by atoms with Crippen LogP contribution in [0.4, 0.5) is 0 Å². The number of carbonyl (C=O) groups is 2. The minimum atomic E-state index is -0.439. The molecule has 29 heavy (non-hydrogen) atoms. The number of carbonyl (C=O) groups excluding carboxylic acids is 2. The summed E-state index contributed by atoms with van der Waals surface area (Å²) in [5.41, 5.74) is 0. The number of aliphatic hydroxyl groups excluding tert-OH is 1. The molecule has 5 atom stereocenters. The van der Waals surface area contributed by atoms with Crippen molar-refractivity contribution in [3.8, 4) is 0 Å². The van der Waals surface area contributed by atoms with E-state index >= 15 is 0 Å². The predicted molar refractivity (Wildman–Crippen MR) is 107 cm³/mol. The maximum atomic E-state index is 11.8. The van der Waals surface area contributed by atoms with Crippen molar-refractivity contribution < 1.29 is 33.6 Å². The molecule has 0 aromatic heterocycles. The minimum absolute atomic E-state index is 0.0146. The summed E-state index contributed by atoms with van der Waals surface area (Å²) in [5, 5.41) is 10.0. The Labute approximate surface area is 178 Å². The van der Waals surface area contributed by atoms with Gasteiger partial charge in [-0.2, -0.15) is 0 Å². The number of hydrogen-bond donors (Lipinski definition) is 1. The number of ether oxygens (including phenoxy) is 4. The number of alkyl halides is 1. The highest BCUT2D eigenvalue weighted by atomic mass is 35.5. The zero-order chi connectivity index (χ0) is 21.1. The Morgan fingerprint density at radius 3 is 2.52 bits per heavy atom. The summed E-state index contributed by atoms with van der Waals surface area (Å²) in [5.74, 6) is -0.868. The quantitative estimate of drug-likeness (QED) is 0.286. The van der Waals surface area contributed by atoms with Crippen LogP contribution in [0.25, 0.3) is 0 Å². The number of methoxy groups -OCH3 is 1. The summed E-state index contributed by atoms with van der Waals surface area (Å²) in [6, 6.07) is 0. The first-order valence-electron chi connectivity index (χ1n) is 10.8. The average molecular weight is 435 g/mol. The standard InChI is InChI=1S/C21H35ClO7/c1-26-19(24)9-5-3-2-4-8-15-16(14-23)18(12-17(15)28-20(25)13-22)29-21-10-6-7-11-27-21/h15-18,21,23H,2-14H2,1H3/t15-,16-,17+,18-,21?/m1/s1. The normalized spacial score (nSPS) is 29.6. The fourth-order valence-electron chi connectivity index (χ4n) is 4.39. The molecule has 7 nitrogen and oxygen atoms in total. The van der Waals surface area contributed by atoms with E-state index < -0.39 is 5.97 Å². The molecular weight excluding hydrogens is 400 g/mol. The Hall–Kier alpha value is -0.890. The van der Waals surface area contributed by atoms with Gasteiger partial charge in [-0.15, -0.1) is 11.6 Å². The molecule has 0 amide bonds. The highest BCUT2D eigenvalue weighted by Crippen LogP contribution is 2.40. The molecule has 1 aliphatic heterocycles. The minimum Gasteiger partial charge on any atom is -0.469 e. The molecule has 1 saturated carbocycles. The van der Waals surface area contributed by atoms with E-state index in [0.29, 0.717) is 19.4 Å². The fourth-order valence-corrected chi connectivity index (χ4v) is 4.46. The second-order valence-corrected chi connectivity index (χ2v) is 8.17. The molecule has 0 aromatic carbocycles. The molecule has 2 aliphatic rings. The van der Waals surface area contributed by atoms with E-state index in [-0.39, 0.29) is 48.8 Å². The molecule has 2 fully saturated rings. The molecule has 8 heteroatoms. The van der Waals surface area contributed by atoms with Crippen LogP contribution >= 0.6 is 11.6 Å². The van der Waals surface area contributed by atoms with Crippen LogP contribution in [0.15, 0.2) is 0 Å². The Morgan fingerprint density at radius 1 is 1.07 bits per heavy atom. The summed E-state index contributed by atoms with van der Waals surface area (Å²) < 4.78 is 22.1. The van der Waals surface area contributed by atoms with Crippen LogP contribution in [0.3, 0.4) is 0 Å². The first kappa shape index (κ1) is 24.4. The van der Waals surface area contributed by atoms with Gasteiger partial charge in [-0.05, 0) is 32.1 Å². The molecule has 168 valence electrons. The number of rotatable bonds is 12. The van der Waals surface area contributed by atoms with Crippen LogP contribution < -0.4 is 0 Å². The lowest BCUT2D eigenvalue weighted by molar-refractivity contribution is -0.198. The van der Waals surface area contributed by atoms with Gasteiger partial charge in [0.25, 0.3) is 0 Å². The summed E-state index contributed by atoms with van der Waals surface area (Å²) >= 11 is 5.63. The van der Waals surface area contributed by atoms with Crippen molar-refractivity contribution in [2.45, 2.75) is 82.7 Å². The highest BCUT2D eigenvalue weighted by Gasteiger charge is 2.46. The zero-order valence-electron chi connectivity index (χ0n) is 17.4. The van der Waals surface area contributed by atoms with Crippen molar-refractivity contribution in [3.05, 3.63) is 0 Å². The molecule has 1 aliphatic carbocycles. The van der Waals surface area contributed by atoms with Crippen LogP contribution in [-0.2, 0) is 28.5 Å². The van der Waals surface area contributed by atoms with Crippen molar-refractivity contribution in [1.29, 1.82) is 0 Å². The van der Waals surface area contributed by atoms with Gasteiger partial charge >= 0.3 is 11.9 Å². The van der Waals surface area contributed by atoms with Gasteiger partial charge in [0.15, 0.2) is 6.29 Å². The van der Waals surface area contributed by atoms with Crippen LogP contribution in [0, 0.1) is 11.8 Å². The van der Waals surface area contributed by atoms with Crippen molar-refractivity contribution in [2.75, 3.05) is 26.2 Å². The van der Waals surface area contributed by atoms with Crippen molar-refractivity contribution in [2.24, 2.45) is 11.8 Å². The lowest BCUT2D eigenvalue weighted by Gasteiger charge is -2.29. The lowest BCUT2D eigenvalue weighted by atomic mass is 9.89. The second kappa shape index (κ2) is 13.4. The maximum absolute atomic E-state index is 11.8. The summed E-state index contributed by atoms with van der Waals surface area (Å²) in [4.78, 5) is 23.0. The van der Waals surface area contributed by atoms with Gasteiger partial charge in [-0.1, -0.05) is 19.3 Å². The van der Waals surface area contributed by atoms with Crippen molar-refractivity contribution >= 4 is 23.5 Å². The zero-order valence-corrected chi connectivity index (χ0v) is 18.1. The molecule has 0 radical (unpaired) electrons. The Balaban J connectivity index is 1.87. The first-order chi connectivity index (χ1) is 14.1. The molecule has 0 spiro atoms. The molecule has 0 bridgehead atoms. The fraction of sp³-hybridized carbons (Fsp3) is 0.905. The van der Waals surface area contributed by atoms with Crippen LogP contribution in [-0.4, -0.2) is 61.7 Å². The van der Waals surface area contributed by atoms with Gasteiger partial charge in [0, 0.05) is 37.9 Å². The van der Waals surface area contributed by atoms with E-state index in [4.69, 9.17) is 25.8 Å². The average Bonchev–Trinajstić information content (AvgIpc) is 3.06. The third-order valence-corrected chi connectivity index (χ3v) is 6.15. The molecule has 0 aromatic rings. The van der Waals surface area contributed by atoms with Crippen LogP contribution in [0.1, 0.15) is 64.2 Å². The largest absolute Gasteiger partial charge is 0.469 e. The number of aliphatic hydroxyl groups is 1. The van der Waals surface area contributed by atoms with Gasteiger partial charge in [-0.25, -0.2) is 0 Å². The summed E-state index contributed by atoms with van der Waals surface area (Å²) in [6.07, 6.45) is 7.69. The Kier molecular flexibility index (Phi) is 11.3. The molecule has 1 N–H and O–H groups in total. The SMILES string of the molecule is COC(=O)CCCCCC[C@@H]1[C@@H](CO)[C@H](OC2CCCCO2)C[C@@H]1OC(=O)CCl. The van der Waals surface area contributed by atoms with E-state index in [0.717, 1.165) is 51.4 Å².